The molecule has 0 bridgehead atoms. The lowest BCUT2D eigenvalue weighted by molar-refractivity contribution is 0.0967. The summed E-state index contributed by atoms with van der Waals surface area (Å²) in [6.45, 7) is 2.60. The second-order valence-electron chi connectivity index (χ2n) is 3.98. The molecule has 1 aliphatic rings. The van der Waals surface area contributed by atoms with Gasteiger partial charge in [-0.15, -0.1) is 0 Å². The van der Waals surface area contributed by atoms with Crippen molar-refractivity contribution in [1.82, 2.24) is 9.88 Å². The summed E-state index contributed by atoms with van der Waals surface area (Å²) >= 11 is 0. The van der Waals surface area contributed by atoms with Crippen molar-refractivity contribution in [2.75, 3.05) is 6.54 Å². The van der Waals surface area contributed by atoms with Crippen molar-refractivity contribution in [2.24, 2.45) is 5.73 Å². The Kier molecular flexibility index (Phi) is 2.52. The van der Waals surface area contributed by atoms with Crippen molar-refractivity contribution in [3.63, 3.8) is 0 Å². The summed E-state index contributed by atoms with van der Waals surface area (Å²) in [7, 11) is 0. The zero-order valence-corrected chi connectivity index (χ0v) is 8.88. The molecule has 6 nitrogen and oxygen atoms in total. The summed E-state index contributed by atoms with van der Waals surface area (Å²) < 4.78 is 4.96. The minimum Gasteiger partial charge on any atom is -0.441 e. The summed E-state index contributed by atoms with van der Waals surface area (Å²) in [6, 6.07) is 0.198. The number of likely N-dealkylation sites (tertiary alicyclic amines) is 1. The third-order valence-electron chi connectivity index (χ3n) is 2.85. The molecule has 0 unspecified atom stereocenters. The highest BCUT2D eigenvalue weighted by Gasteiger charge is 2.31. The summed E-state index contributed by atoms with van der Waals surface area (Å²) in [5.41, 5.74) is 5.74. The normalized spacial score (nSPS) is 24.4. The molecule has 1 aliphatic heterocycles. The fourth-order valence-electron chi connectivity index (χ4n) is 1.97. The van der Waals surface area contributed by atoms with Gasteiger partial charge in [-0.25, -0.2) is 4.98 Å². The average Bonchev–Trinajstić information content (AvgIpc) is 2.83. The topological polar surface area (TPSA) is 96.2 Å². The first kappa shape index (κ1) is 10.5. The molecule has 2 N–H and O–H groups in total. The molecule has 1 fully saturated rings. The lowest BCUT2D eigenvalue weighted by Gasteiger charge is -2.11. The molecule has 1 amide bonds. The van der Waals surface area contributed by atoms with Crippen LogP contribution in [-0.4, -0.2) is 28.4 Å². The number of carbonyl (C=O) groups excluding carboxylic acids is 1. The zero-order chi connectivity index (χ0) is 11.7. The first-order valence-corrected chi connectivity index (χ1v) is 5.03. The van der Waals surface area contributed by atoms with Gasteiger partial charge in [0, 0.05) is 18.5 Å². The average molecular weight is 220 g/mol. The molecule has 2 heterocycles. The monoisotopic (exact) mass is 220 g/mol. The van der Waals surface area contributed by atoms with Crippen LogP contribution < -0.4 is 5.73 Å². The highest BCUT2D eigenvalue weighted by atomic mass is 16.3. The van der Waals surface area contributed by atoms with Gasteiger partial charge in [-0.05, 0) is 13.3 Å². The van der Waals surface area contributed by atoms with E-state index in [0.29, 0.717) is 12.2 Å². The molecule has 2 atom stereocenters. The lowest BCUT2D eigenvalue weighted by atomic mass is 10.0. The molecule has 6 heteroatoms. The molecule has 0 radical (unpaired) electrons. The van der Waals surface area contributed by atoms with Gasteiger partial charge in [0.1, 0.15) is 6.26 Å². The fourth-order valence-corrected chi connectivity index (χ4v) is 1.97. The van der Waals surface area contributed by atoms with Gasteiger partial charge in [-0.3, -0.25) is 4.79 Å². The Bertz CT molecular complexity index is 448. The summed E-state index contributed by atoms with van der Waals surface area (Å²) in [6.07, 6.45) is 4.40. The Labute approximate surface area is 92.6 Å². The molecule has 2 rings (SSSR count). The molecule has 16 heavy (non-hydrogen) atoms. The molecule has 0 aromatic carbocycles. The van der Waals surface area contributed by atoms with Crippen molar-refractivity contribution in [3.05, 3.63) is 17.8 Å². The number of oxazole rings is 1. The second-order valence-corrected chi connectivity index (χ2v) is 3.98. The smallest absolute Gasteiger partial charge is 0.304 e. The van der Waals surface area contributed by atoms with Crippen LogP contribution in [0.4, 0.5) is 0 Å². The quantitative estimate of drug-likeness (QED) is 0.729. The number of hydrogen-bond acceptors (Lipinski definition) is 5. The number of primary amides is 1. The molecule has 0 saturated carbocycles. The van der Waals surface area contributed by atoms with Gasteiger partial charge >= 0.3 is 5.91 Å². The third kappa shape index (κ3) is 1.72. The SMILES string of the molecule is C[C@@H]1C[C@@H](c2coc(C(N)=O)n2)CN1C#N. The maximum Gasteiger partial charge on any atom is 0.304 e. The number of amides is 1. The molecule has 1 saturated heterocycles. The van der Waals surface area contributed by atoms with Crippen LogP contribution in [0.5, 0.6) is 0 Å². The van der Waals surface area contributed by atoms with Crippen LogP contribution in [0.15, 0.2) is 10.7 Å². The van der Waals surface area contributed by atoms with Gasteiger partial charge in [0.15, 0.2) is 6.19 Å². The Morgan fingerprint density at radius 2 is 2.56 bits per heavy atom. The van der Waals surface area contributed by atoms with Gasteiger partial charge in [0.25, 0.3) is 5.89 Å². The van der Waals surface area contributed by atoms with Crippen LogP contribution in [0.1, 0.15) is 35.6 Å². The highest BCUT2D eigenvalue weighted by molar-refractivity contribution is 5.87. The zero-order valence-electron chi connectivity index (χ0n) is 8.88. The molecule has 1 aromatic rings. The van der Waals surface area contributed by atoms with E-state index in [1.165, 1.54) is 6.26 Å². The lowest BCUT2D eigenvalue weighted by Crippen LogP contribution is -2.20. The predicted molar refractivity (Wildman–Crippen MR) is 54.2 cm³/mol. The summed E-state index contributed by atoms with van der Waals surface area (Å²) in [4.78, 5) is 16.5. The number of nitrogens with two attached hydrogens (primary N) is 1. The first-order chi connectivity index (χ1) is 7.61. The minimum absolute atomic E-state index is 0.0712. The van der Waals surface area contributed by atoms with Gasteiger partial charge < -0.3 is 15.1 Å². The fraction of sp³-hybridized carbons (Fsp3) is 0.500. The van der Waals surface area contributed by atoms with Crippen LogP contribution in [0.2, 0.25) is 0 Å². The van der Waals surface area contributed by atoms with Crippen molar-refractivity contribution in [1.29, 1.82) is 5.26 Å². The number of rotatable bonds is 2. The van der Waals surface area contributed by atoms with Crippen molar-refractivity contribution in [3.8, 4) is 6.19 Å². The Morgan fingerprint density at radius 1 is 1.81 bits per heavy atom. The van der Waals surface area contributed by atoms with E-state index in [1.54, 1.807) is 4.90 Å². The number of aromatic nitrogens is 1. The first-order valence-electron chi connectivity index (χ1n) is 5.03. The number of carbonyl (C=O) groups is 1. The van der Waals surface area contributed by atoms with E-state index in [-0.39, 0.29) is 17.9 Å². The number of hydrogen-bond donors (Lipinski definition) is 1. The highest BCUT2D eigenvalue weighted by Crippen LogP contribution is 2.30. The van der Waals surface area contributed by atoms with Crippen molar-refractivity contribution >= 4 is 5.91 Å². The molecular weight excluding hydrogens is 208 g/mol. The summed E-state index contributed by atoms with van der Waals surface area (Å²) in [5, 5.41) is 8.85. The third-order valence-corrected chi connectivity index (χ3v) is 2.85. The maximum absolute atomic E-state index is 10.8. The van der Waals surface area contributed by atoms with Crippen LogP contribution in [0.3, 0.4) is 0 Å². The standard InChI is InChI=1S/C10H12N4O2/c1-6-2-7(3-14(6)5-11)8-4-16-10(13-8)9(12)15/h4,6-7H,2-3H2,1H3,(H2,12,15)/t6-,7-/m1/s1. The van der Waals surface area contributed by atoms with Crippen LogP contribution >= 0.6 is 0 Å². The maximum atomic E-state index is 10.8. The van der Waals surface area contributed by atoms with Crippen LogP contribution in [-0.2, 0) is 0 Å². The van der Waals surface area contributed by atoms with Crippen LogP contribution in [0.25, 0.3) is 0 Å². The Morgan fingerprint density at radius 3 is 3.06 bits per heavy atom. The summed E-state index contributed by atoms with van der Waals surface area (Å²) in [5.74, 6) is -0.612. The molecule has 1 aromatic heterocycles. The Hall–Kier alpha value is -2.03. The predicted octanol–water partition coefficient (Wildman–Crippen LogP) is 0.432. The van der Waals surface area contributed by atoms with E-state index >= 15 is 0 Å². The van der Waals surface area contributed by atoms with Gasteiger partial charge in [-0.2, -0.15) is 5.26 Å². The van der Waals surface area contributed by atoms with E-state index in [9.17, 15) is 4.79 Å². The van der Waals surface area contributed by atoms with E-state index in [4.69, 9.17) is 15.4 Å². The Balaban J connectivity index is 2.14. The van der Waals surface area contributed by atoms with Crippen LogP contribution in [0, 0.1) is 11.5 Å². The second kappa shape index (κ2) is 3.85. The van der Waals surface area contributed by atoms with Gasteiger partial charge in [0.2, 0.25) is 0 Å². The van der Waals surface area contributed by atoms with Crippen molar-refractivity contribution in [2.45, 2.75) is 25.3 Å². The molecule has 0 spiro atoms. The van der Waals surface area contributed by atoms with E-state index < -0.39 is 5.91 Å². The molecule has 0 aliphatic carbocycles. The number of nitrogens with zero attached hydrogens (tertiary/aromatic N) is 3. The van der Waals surface area contributed by atoms with E-state index in [1.807, 2.05) is 6.92 Å². The van der Waals surface area contributed by atoms with Gasteiger partial charge in [-0.1, -0.05) is 0 Å². The number of nitriles is 1. The largest absolute Gasteiger partial charge is 0.441 e. The van der Waals surface area contributed by atoms with Gasteiger partial charge in [0.05, 0.1) is 5.69 Å². The van der Waals surface area contributed by atoms with E-state index in [2.05, 4.69) is 11.2 Å². The molecule has 84 valence electrons. The minimum atomic E-state index is -0.672. The molecular formula is C10H12N4O2. The van der Waals surface area contributed by atoms with Crippen molar-refractivity contribution < 1.29 is 9.21 Å². The van der Waals surface area contributed by atoms with E-state index in [0.717, 1.165) is 6.42 Å².